The Hall–Kier alpha value is -0.560. The van der Waals surface area contributed by atoms with E-state index in [0.717, 1.165) is 12.8 Å². The van der Waals surface area contributed by atoms with Crippen molar-refractivity contribution in [3.05, 3.63) is 0 Å². The zero-order valence-electron chi connectivity index (χ0n) is 7.44. The first-order valence-electron chi connectivity index (χ1n) is 4.72. The quantitative estimate of drug-likeness (QED) is 0.666. The number of sulfone groups is 1. The van der Waals surface area contributed by atoms with Gasteiger partial charge in [0.2, 0.25) is 0 Å². The smallest absolute Gasteiger partial charge is 0.150 e. The van der Waals surface area contributed by atoms with Crippen LogP contribution in [0.4, 0.5) is 0 Å². The molecule has 0 spiro atoms. The molecule has 2 unspecified atom stereocenters. The first-order valence-corrected chi connectivity index (χ1v) is 6.54. The van der Waals surface area contributed by atoms with Crippen LogP contribution in [-0.4, -0.2) is 19.9 Å². The van der Waals surface area contributed by atoms with Crippen molar-refractivity contribution in [3.63, 3.8) is 0 Å². The fourth-order valence-corrected chi connectivity index (χ4v) is 4.01. The van der Waals surface area contributed by atoms with Gasteiger partial charge in [-0.1, -0.05) is 0 Å². The van der Waals surface area contributed by atoms with E-state index >= 15 is 0 Å². The predicted octanol–water partition coefficient (Wildman–Crippen LogP) is 0.971. The van der Waals surface area contributed by atoms with Gasteiger partial charge in [0, 0.05) is 0 Å². The monoisotopic (exact) mass is 199 g/mol. The maximum atomic E-state index is 11.2. The molecule has 1 saturated heterocycles. The Balaban J connectivity index is 2.06. The van der Waals surface area contributed by atoms with Gasteiger partial charge < -0.3 is 0 Å². The molecule has 0 amide bonds. The number of rotatable bonds is 2. The minimum Gasteiger partial charge on any atom is -0.229 e. The Bertz CT molecular complexity index is 337. The molecule has 2 aliphatic rings. The average Bonchev–Trinajstić information content (AvgIpc) is 2.80. The topological polar surface area (TPSA) is 57.9 Å². The van der Waals surface area contributed by atoms with Crippen molar-refractivity contribution in [2.75, 3.05) is 11.5 Å². The molecule has 2 atom stereocenters. The second kappa shape index (κ2) is 2.98. The summed E-state index contributed by atoms with van der Waals surface area (Å²) in [5, 5.41) is 8.92. The van der Waals surface area contributed by atoms with Crippen LogP contribution in [-0.2, 0) is 9.84 Å². The molecule has 0 aromatic heterocycles. The maximum absolute atomic E-state index is 11.2. The molecule has 0 aromatic rings. The molecule has 13 heavy (non-hydrogen) atoms. The lowest BCUT2D eigenvalue weighted by Crippen LogP contribution is -2.16. The van der Waals surface area contributed by atoms with Gasteiger partial charge in [-0.25, -0.2) is 8.42 Å². The molecule has 0 aromatic carbocycles. The third-order valence-corrected chi connectivity index (χ3v) is 4.85. The summed E-state index contributed by atoms with van der Waals surface area (Å²) in [5.74, 6) is 1.19. The molecule has 1 saturated carbocycles. The summed E-state index contributed by atoms with van der Waals surface area (Å²) < 4.78 is 22.4. The van der Waals surface area contributed by atoms with Gasteiger partial charge in [-0.3, -0.25) is 0 Å². The lowest BCUT2D eigenvalue weighted by molar-refractivity contribution is 0.403. The zero-order chi connectivity index (χ0) is 9.47. The Kier molecular flexibility index (Phi) is 2.07. The van der Waals surface area contributed by atoms with Crippen molar-refractivity contribution in [3.8, 4) is 6.07 Å². The van der Waals surface area contributed by atoms with Crippen molar-refractivity contribution in [2.24, 2.45) is 17.8 Å². The van der Waals surface area contributed by atoms with Gasteiger partial charge in [0.15, 0.2) is 9.84 Å². The summed E-state index contributed by atoms with van der Waals surface area (Å²) in [6.07, 6.45) is 2.95. The number of nitrogens with zero attached hydrogens (tertiary/aromatic N) is 1. The van der Waals surface area contributed by atoms with Gasteiger partial charge in [0.25, 0.3) is 0 Å². The Morgan fingerprint density at radius 2 is 1.92 bits per heavy atom. The minimum absolute atomic E-state index is 0.0114. The lowest BCUT2D eigenvalue weighted by atomic mass is 9.89. The van der Waals surface area contributed by atoms with Crippen molar-refractivity contribution in [2.45, 2.75) is 19.3 Å². The van der Waals surface area contributed by atoms with Crippen LogP contribution in [0.2, 0.25) is 0 Å². The van der Waals surface area contributed by atoms with E-state index in [1.54, 1.807) is 0 Å². The molecule has 72 valence electrons. The molecule has 1 aliphatic heterocycles. The highest BCUT2D eigenvalue weighted by Gasteiger charge is 2.41. The van der Waals surface area contributed by atoms with Gasteiger partial charge in [-0.2, -0.15) is 5.26 Å². The largest absolute Gasteiger partial charge is 0.229 e. The van der Waals surface area contributed by atoms with E-state index in [0.29, 0.717) is 18.1 Å². The number of hydrogen-bond donors (Lipinski definition) is 0. The summed E-state index contributed by atoms with van der Waals surface area (Å²) in [7, 11) is -2.81. The Morgan fingerprint density at radius 3 is 2.31 bits per heavy atom. The minimum atomic E-state index is -2.81. The zero-order valence-corrected chi connectivity index (χ0v) is 8.26. The Morgan fingerprint density at radius 1 is 1.23 bits per heavy atom. The first kappa shape index (κ1) is 9.01. The van der Waals surface area contributed by atoms with Gasteiger partial charge in [0.1, 0.15) is 0 Å². The summed E-state index contributed by atoms with van der Waals surface area (Å²) in [6, 6.07) is 2.28. The molecule has 0 N–H and O–H groups in total. The predicted molar refractivity (Wildman–Crippen MR) is 48.6 cm³/mol. The maximum Gasteiger partial charge on any atom is 0.150 e. The normalized spacial score (nSPS) is 33.9. The third-order valence-electron chi connectivity index (χ3n) is 3.05. The van der Waals surface area contributed by atoms with Crippen LogP contribution in [0.3, 0.4) is 0 Å². The van der Waals surface area contributed by atoms with Crippen LogP contribution in [0.5, 0.6) is 0 Å². The molecule has 2 fully saturated rings. The van der Waals surface area contributed by atoms with Crippen molar-refractivity contribution in [1.29, 1.82) is 5.26 Å². The molecular weight excluding hydrogens is 186 g/mol. The van der Waals surface area contributed by atoms with Crippen LogP contribution < -0.4 is 0 Å². The molecular formula is C9H13NO2S. The number of nitriles is 1. The standard InChI is InChI=1S/C9H13NO2S/c10-5-9(7-1-2-7)8-3-4-13(11,12)6-8/h7-9H,1-4,6H2. The molecule has 4 heteroatoms. The molecule has 1 heterocycles. The van der Waals surface area contributed by atoms with E-state index in [4.69, 9.17) is 5.26 Å². The highest BCUT2D eigenvalue weighted by molar-refractivity contribution is 7.91. The van der Waals surface area contributed by atoms with E-state index in [2.05, 4.69) is 6.07 Å². The third kappa shape index (κ3) is 1.86. The van der Waals surface area contributed by atoms with E-state index in [1.807, 2.05) is 0 Å². The SMILES string of the molecule is N#CC(C1CC1)C1CCS(=O)(=O)C1. The Labute approximate surface area is 78.7 Å². The highest BCUT2D eigenvalue weighted by atomic mass is 32.2. The molecule has 1 aliphatic carbocycles. The van der Waals surface area contributed by atoms with Crippen molar-refractivity contribution in [1.82, 2.24) is 0 Å². The fraction of sp³-hybridized carbons (Fsp3) is 0.889. The second-order valence-electron chi connectivity index (χ2n) is 4.16. The molecule has 2 rings (SSSR count). The van der Waals surface area contributed by atoms with Gasteiger partial charge in [-0.05, 0) is 31.1 Å². The van der Waals surface area contributed by atoms with Crippen LogP contribution in [0, 0.1) is 29.1 Å². The van der Waals surface area contributed by atoms with E-state index < -0.39 is 9.84 Å². The fourth-order valence-electron chi connectivity index (χ4n) is 2.16. The highest BCUT2D eigenvalue weighted by Crippen LogP contribution is 2.43. The average molecular weight is 199 g/mol. The van der Waals surface area contributed by atoms with Crippen molar-refractivity contribution >= 4 is 9.84 Å². The van der Waals surface area contributed by atoms with Crippen LogP contribution in [0.25, 0.3) is 0 Å². The lowest BCUT2D eigenvalue weighted by Gasteiger charge is -2.13. The van der Waals surface area contributed by atoms with Gasteiger partial charge in [0.05, 0.1) is 23.5 Å². The summed E-state index contributed by atoms with van der Waals surface area (Å²) >= 11 is 0. The number of hydrogen-bond acceptors (Lipinski definition) is 3. The molecule has 3 nitrogen and oxygen atoms in total. The van der Waals surface area contributed by atoms with E-state index in [-0.39, 0.29) is 17.6 Å². The molecule has 0 bridgehead atoms. The van der Waals surface area contributed by atoms with Gasteiger partial charge in [-0.15, -0.1) is 0 Å². The summed E-state index contributed by atoms with van der Waals surface area (Å²) in [6.45, 7) is 0. The van der Waals surface area contributed by atoms with E-state index in [9.17, 15) is 8.42 Å². The van der Waals surface area contributed by atoms with Crippen LogP contribution in [0.15, 0.2) is 0 Å². The second-order valence-corrected chi connectivity index (χ2v) is 6.38. The molecule has 0 radical (unpaired) electrons. The van der Waals surface area contributed by atoms with Gasteiger partial charge >= 0.3 is 0 Å². The van der Waals surface area contributed by atoms with Crippen LogP contribution in [0.1, 0.15) is 19.3 Å². The van der Waals surface area contributed by atoms with Crippen molar-refractivity contribution < 1.29 is 8.42 Å². The van der Waals surface area contributed by atoms with Crippen LogP contribution >= 0.6 is 0 Å². The first-order chi connectivity index (χ1) is 6.12. The summed E-state index contributed by atoms with van der Waals surface area (Å²) in [5.41, 5.74) is 0. The summed E-state index contributed by atoms with van der Waals surface area (Å²) in [4.78, 5) is 0. The van der Waals surface area contributed by atoms with E-state index in [1.165, 1.54) is 0 Å².